The van der Waals surface area contributed by atoms with Crippen LogP contribution in [0.3, 0.4) is 0 Å². The van der Waals surface area contributed by atoms with Gasteiger partial charge in [-0.2, -0.15) is 5.10 Å². The number of nitrogens with zero attached hydrogens (tertiary/aromatic N) is 2. The number of nitrogens with one attached hydrogen (secondary N) is 1. The van der Waals surface area contributed by atoms with Crippen LogP contribution < -0.4 is 11.1 Å². The van der Waals surface area contributed by atoms with Crippen LogP contribution in [0, 0.1) is 18.8 Å². The minimum Gasteiger partial charge on any atom is -0.395 e. The first kappa shape index (κ1) is 11.0. The van der Waals surface area contributed by atoms with Crippen molar-refractivity contribution in [1.82, 2.24) is 15.1 Å². The maximum atomic E-state index is 11.9. The summed E-state index contributed by atoms with van der Waals surface area (Å²) in [6.07, 6.45) is 1.21. The van der Waals surface area contributed by atoms with Crippen LogP contribution in [-0.4, -0.2) is 22.2 Å². The first-order chi connectivity index (χ1) is 7.50. The van der Waals surface area contributed by atoms with E-state index in [0.29, 0.717) is 23.0 Å². The molecule has 0 radical (unpaired) electrons. The number of carbonyl (C=O) groups excluding carboxylic acids is 1. The number of carbonyl (C=O) groups is 1. The van der Waals surface area contributed by atoms with Gasteiger partial charge in [-0.05, 0) is 25.2 Å². The number of aryl methyl sites for hydroxylation is 2. The summed E-state index contributed by atoms with van der Waals surface area (Å²) in [7, 11) is 1.73. The minimum absolute atomic E-state index is 0.125. The van der Waals surface area contributed by atoms with E-state index in [1.165, 1.54) is 11.1 Å². The van der Waals surface area contributed by atoms with Crippen molar-refractivity contribution in [3.05, 3.63) is 11.4 Å². The molecule has 5 heteroatoms. The summed E-state index contributed by atoms with van der Waals surface area (Å²) in [5.74, 6) is 1.25. The highest BCUT2D eigenvalue weighted by atomic mass is 16.2. The largest absolute Gasteiger partial charge is 0.395 e. The van der Waals surface area contributed by atoms with Crippen LogP contribution in [0.15, 0.2) is 0 Å². The van der Waals surface area contributed by atoms with Gasteiger partial charge < -0.3 is 11.1 Å². The van der Waals surface area contributed by atoms with Crippen LogP contribution in [0.5, 0.6) is 0 Å². The molecule has 1 aromatic rings. The summed E-state index contributed by atoms with van der Waals surface area (Å²) < 4.78 is 1.54. The zero-order valence-electron chi connectivity index (χ0n) is 9.95. The molecule has 0 spiro atoms. The van der Waals surface area contributed by atoms with E-state index in [0.717, 1.165) is 12.5 Å². The number of nitrogen functional groups attached to an aromatic ring is 1. The molecule has 1 amide bonds. The summed E-state index contributed by atoms with van der Waals surface area (Å²) >= 11 is 0. The molecular formula is C11H18N4O. The minimum atomic E-state index is -0.125. The Labute approximate surface area is 95.0 Å². The van der Waals surface area contributed by atoms with Gasteiger partial charge in [0.15, 0.2) is 0 Å². The average Bonchev–Trinajstić information content (AvgIpc) is 2.84. The van der Waals surface area contributed by atoms with E-state index in [2.05, 4.69) is 17.3 Å². The van der Waals surface area contributed by atoms with Crippen LogP contribution >= 0.6 is 0 Å². The Morgan fingerprint density at radius 3 is 2.75 bits per heavy atom. The van der Waals surface area contributed by atoms with Crippen molar-refractivity contribution in [1.29, 1.82) is 0 Å². The Hall–Kier alpha value is -1.52. The van der Waals surface area contributed by atoms with Crippen molar-refractivity contribution in [2.45, 2.75) is 20.3 Å². The quantitative estimate of drug-likeness (QED) is 0.790. The van der Waals surface area contributed by atoms with Gasteiger partial charge in [-0.1, -0.05) is 6.92 Å². The Morgan fingerprint density at radius 2 is 2.31 bits per heavy atom. The Bertz CT molecular complexity index is 424. The second kappa shape index (κ2) is 3.81. The third-order valence-corrected chi connectivity index (χ3v) is 3.28. The fourth-order valence-corrected chi connectivity index (χ4v) is 1.93. The molecule has 1 aromatic heterocycles. The van der Waals surface area contributed by atoms with Gasteiger partial charge in [0, 0.05) is 13.6 Å². The molecule has 1 saturated carbocycles. The highest BCUT2D eigenvalue weighted by molar-refractivity contribution is 5.97. The normalized spacial score (nSPS) is 23.2. The van der Waals surface area contributed by atoms with Crippen molar-refractivity contribution >= 4 is 11.6 Å². The van der Waals surface area contributed by atoms with Crippen molar-refractivity contribution in [2.24, 2.45) is 18.9 Å². The van der Waals surface area contributed by atoms with Gasteiger partial charge in [-0.3, -0.25) is 9.48 Å². The van der Waals surface area contributed by atoms with Crippen LogP contribution in [0.4, 0.5) is 5.69 Å². The zero-order chi connectivity index (χ0) is 11.9. The smallest absolute Gasteiger partial charge is 0.271 e. The topological polar surface area (TPSA) is 72.9 Å². The number of anilines is 1. The lowest BCUT2D eigenvalue weighted by molar-refractivity contribution is 0.0943. The summed E-state index contributed by atoms with van der Waals surface area (Å²) in [6, 6.07) is 0. The molecule has 3 N–H and O–H groups in total. The van der Waals surface area contributed by atoms with Gasteiger partial charge in [0.2, 0.25) is 0 Å². The molecule has 0 aliphatic heterocycles. The highest BCUT2D eigenvalue weighted by Gasteiger charge is 2.32. The summed E-state index contributed by atoms with van der Waals surface area (Å²) in [5.41, 5.74) is 7.45. The van der Waals surface area contributed by atoms with Crippen LogP contribution in [0.1, 0.15) is 29.5 Å². The number of amides is 1. The predicted octanol–water partition coefficient (Wildman–Crippen LogP) is 0.697. The summed E-state index contributed by atoms with van der Waals surface area (Å²) in [5, 5.41) is 7.03. The van der Waals surface area contributed by atoms with Crippen molar-refractivity contribution in [3.8, 4) is 0 Å². The standard InChI is InChI=1S/C11H18N4O/c1-6-4-8(6)5-13-11(16)10-9(12)7(2)14-15(10)3/h6,8H,4-5,12H2,1-3H3,(H,13,16). The third kappa shape index (κ3) is 1.89. The van der Waals surface area contributed by atoms with Gasteiger partial charge in [0.1, 0.15) is 5.69 Å². The summed E-state index contributed by atoms with van der Waals surface area (Å²) in [4.78, 5) is 11.9. The average molecular weight is 222 g/mol. The molecule has 0 aromatic carbocycles. The Balaban J connectivity index is 2.02. The molecule has 2 atom stereocenters. The molecule has 0 saturated heterocycles. The number of nitrogens with two attached hydrogens (primary N) is 1. The lowest BCUT2D eigenvalue weighted by atomic mass is 10.2. The van der Waals surface area contributed by atoms with Gasteiger partial charge in [0.05, 0.1) is 11.4 Å². The monoisotopic (exact) mass is 222 g/mol. The molecule has 1 aliphatic rings. The molecule has 1 heterocycles. The Morgan fingerprint density at radius 1 is 1.69 bits per heavy atom. The van der Waals surface area contributed by atoms with Gasteiger partial charge in [0.25, 0.3) is 5.91 Å². The first-order valence-corrected chi connectivity index (χ1v) is 5.58. The number of rotatable bonds is 3. The maximum absolute atomic E-state index is 11.9. The fourth-order valence-electron chi connectivity index (χ4n) is 1.93. The van der Waals surface area contributed by atoms with E-state index in [1.54, 1.807) is 14.0 Å². The molecule has 2 unspecified atom stereocenters. The van der Waals surface area contributed by atoms with Crippen LogP contribution in [0.25, 0.3) is 0 Å². The first-order valence-electron chi connectivity index (χ1n) is 5.58. The Kier molecular flexibility index (Phi) is 2.61. The van der Waals surface area contributed by atoms with Crippen LogP contribution in [-0.2, 0) is 7.05 Å². The van der Waals surface area contributed by atoms with E-state index < -0.39 is 0 Å². The van der Waals surface area contributed by atoms with Crippen molar-refractivity contribution in [2.75, 3.05) is 12.3 Å². The second-order valence-corrected chi connectivity index (χ2v) is 4.65. The molecule has 1 aliphatic carbocycles. The van der Waals surface area contributed by atoms with Crippen LogP contribution in [0.2, 0.25) is 0 Å². The van der Waals surface area contributed by atoms with Crippen molar-refractivity contribution in [3.63, 3.8) is 0 Å². The van der Waals surface area contributed by atoms with E-state index in [4.69, 9.17) is 5.73 Å². The third-order valence-electron chi connectivity index (χ3n) is 3.28. The van der Waals surface area contributed by atoms with E-state index >= 15 is 0 Å². The van der Waals surface area contributed by atoms with Gasteiger partial charge in [-0.15, -0.1) is 0 Å². The zero-order valence-corrected chi connectivity index (χ0v) is 9.95. The lowest BCUT2D eigenvalue weighted by Crippen LogP contribution is -2.28. The van der Waals surface area contributed by atoms with E-state index in [-0.39, 0.29) is 5.91 Å². The molecule has 5 nitrogen and oxygen atoms in total. The fraction of sp³-hybridized carbons (Fsp3) is 0.636. The van der Waals surface area contributed by atoms with Gasteiger partial charge >= 0.3 is 0 Å². The number of aromatic nitrogens is 2. The van der Waals surface area contributed by atoms with E-state index in [9.17, 15) is 4.79 Å². The maximum Gasteiger partial charge on any atom is 0.271 e. The molecule has 0 bridgehead atoms. The molecule has 1 fully saturated rings. The van der Waals surface area contributed by atoms with Crippen molar-refractivity contribution < 1.29 is 4.79 Å². The number of hydrogen-bond acceptors (Lipinski definition) is 3. The number of hydrogen-bond donors (Lipinski definition) is 2. The molecule has 16 heavy (non-hydrogen) atoms. The second-order valence-electron chi connectivity index (χ2n) is 4.65. The predicted molar refractivity (Wildman–Crippen MR) is 62.0 cm³/mol. The lowest BCUT2D eigenvalue weighted by Gasteiger charge is -2.05. The molecule has 2 rings (SSSR count). The molecule has 88 valence electrons. The highest BCUT2D eigenvalue weighted by Crippen LogP contribution is 2.36. The van der Waals surface area contributed by atoms with E-state index in [1.807, 2.05) is 0 Å². The SMILES string of the molecule is Cc1nn(C)c(C(=O)NCC2CC2C)c1N. The van der Waals surface area contributed by atoms with Gasteiger partial charge in [-0.25, -0.2) is 0 Å². The summed E-state index contributed by atoms with van der Waals surface area (Å²) in [6.45, 7) is 4.73. The molecular weight excluding hydrogens is 204 g/mol.